The molecule has 3 heterocycles. The van der Waals surface area contributed by atoms with Gasteiger partial charge in [0.15, 0.2) is 5.82 Å². The first kappa shape index (κ1) is 14.7. The van der Waals surface area contributed by atoms with Crippen molar-refractivity contribution in [2.45, 2.75) is 26.7 Å². The summed E-state index contributed by atoms with van der Waals surface area (Å²) in [5, 5.41) is 11.7. The van der Waals surface area contributed by atoms with Gasteiger partial charge >= 0.3 is 0 Å². The van der Waals surface area contributed by atoms with Gasteiger partial charge in [0.2, 0.25) is 0 Å². The molecule has 0 saturated carbocycles. The van der Waals surface area contributed by atoms with E-state index in [1.807, 2.05) is 31.3 Å². The molecule has 1 saturated heterocycles. The van der Waals surface area contributed by atoms with Gasteiger partial charge in [-0.25, -0.2) is 9.97 Å². The van der Waals surface area contributed by atoms with Gasteiger partial charge in [0.25, 0.3) is 0 Å². The first-order valence-corrected chi connectivity index (χ1v) is 7.74. The van der Waals surface area contributed by atoms with E-state index in [2.05, 4.69) is 44.2 Å². The smallest absolute Gasteiger partial charge is 0.151 e. The largest absolute Gasteiger partial charge is 0.370 e. The molecular formula is C16H22N6. The van der Waals surface area contributed by atoms with Crippen molar-refractivity contribution in [3.05, 3.63) is 35.9 Å². The van der Waals surface area contributed by atoms with Crippen LogP contribution in [-0.4, -0.2) is 39.8 Å². The van der Waals surface area contributed by atoms with Crippen molar-refractivity contribution in [3.63, 3.8) is 0 Å². The van der Waals surface area contributed by atoms with Crippen molar-refractivity contribution in [1.29, 1.82) is 0 Å². The SMILES string of the molecule is Cc1ccc(N2CC(CNc3ccnc(C(C)C)n3)C2)nn1. The number of hydrogen-bond donors (Lipinski definition) is 1. The molecule has 1 N–H and O–H groups in total. The number of nitrogens with one attached hydrogen (secondary N) is 1. The van der Waals surface area contributed by atoms with Crippen LogP contribution in [-0.2, 0) is 0 Å². The number of anilines is 2. The second kappa shape index (κ2) is 6.25. The predicted octanol–water partition coefficient (Wildman–Crippen LogP) is 2.25. The average molecular weight is 298 g/mol. The molecule has 1 aliphatic rings. The van der Waals surface area contributed by atoms with Crippen LogP contribution < -0.4 is 10.2 Å². The molecule has 1 fully saturated rings. The highest BCUT2D eigenvalue weighted by molar-refractivity contribution is 5.41. The normalized spacial score (nSPS) is 15.0. The van der Waals surface area contributed by atoms with E-state index in [0.717, 1.165) is 42.8 Å². The van der Waals surface area contributed by atoms with Gasteiger partial charge in [-0.2, -0.15) is 5.10 Å². The van der Waals surface area contributed by atoms with Crippen LogP contribution in [0.4, 0.5) is 11.6 Å². The third kappa shape index (κ3) is 3.32. The van der Waals surface area contributed by atoms with Crippen molar-refractivity contribution in [2.75, 3.05) is 29.9 Å². The second-order valence-electron chi connectivity index (χ2n) is 6.14. The topological polar surface area (TPSA) is 66.8 Å². The molecule has 6 heteroatoms. The molecule has 0 radical (unpaired) electrons. The summed E-state index contributed by atoms with van der Waals surface area (Å²) in [5.41, 5.74) is 0.951. The van der Waals surface area contributed by atoms with Crippen molar-refractivity contribution < 1.29 is 0 Å². The monoisotopic (exact) mass is 298 g/mol. The molecule has 2 aromatic rings. The van der Waals surface area contributed by atoms with Crippen molar-refractivity contribution in [1.82, 2.24) is 20.2 Å². The van der Waals surface area contributed by atoms with E-state index in [9.17, 15) is 0 Å². The van der Waals surface area contributed by atoms with E-state index >= 15 is 0 Å². The van der Waals surface area contributed by atoms with Crippen molar-refractivity contribution in [2.24, 2.45) is 5.92 Å². The van der Waals surface area contributed by atoms with Gasteiger partial charge < -0.3 is 10.2 Å². The molecule has 0 amide bonds. The number of rotatable bonds is 5. The maximum atomic E-state index is 4.53. The fourth-order valence-corrected chi connectivity index (χ4v) is 2.45. The molecule has 0 atom stereocenters. The molecular weight excluding hydrogens is 276 g/mol. The highest BCUT2D eigenvalue weighted by Crippen LogP contribution is 2.22. The summed E-state index contributed by atoms with van der Waals surface area (Å²) in [6.45, 7) is 9.09. The lowest BCUT2D eigenvalue weighted by Crippen LogP contribution is -2.50. The molecule has 0 aromatic carbocycles. The Morgan fingerprint density at radius 2 is 2.05 bits per heavy atom. The second-order valence-corrected chi connectivity index (χ2v) is 6.14. The number of nitrogens with zero attached hydrogens (tertiary/aromatic N) is 5. The van der Waals surface area contributed by atoms with Crippen LogP contribution in [0, 0.1) is 12.8 Å². The number of aryl methyl sites for hydroxylation is 1. The van der Waals surface area contributed by atoms with E-state index in [4.69, 9.17) is 0 Å². The van der Waals surface area contributed by atoms with Gasteiger partial charge in [-0.15, -0.1) is 5.10 Å². The Morgan fingerprint density at radius 1 is 1.23 bits per heavy atom. The van der Waals surface area contributed by atoms with Gasteiger partial charge in [0, 0.05) is 37.7 Å². The van der Waals surface area contributed by atoms with Gasteiger partial charge in [-0.1, -0.05) is 13.8 Å². The van der Waals surface area contributed by atoms with E-state index in [-0.39, 0.29) is 0 Å². The zero-order chi connectivity index (χ0) is 15.5. The van der Waals surface area contributed by atoms with Gasteiger partial charge in [-0.3, -0.25) is 0 Å². The molecule has 0 bridgehead atoms. The van der Waals surface area contributed by atoms with Gasteiger partial charge in [0.05, 0.1) is 5.69 Å². The lowest BCUT2D eigenvalue weighted by molar-refractivity contribution is 0.425. The summed E-state index contributed by atoms with van der Waals surface area (Å²) in [5.74, 6) is 3.72. The summed E-state index contributed by atoms with van der Waals surface area (Å²) in [6, 6.07) is 5.96. The van der Waals surface area contributed by atoms with Gasteiger partial charge in [-0.05, 0) is 25.1 Å². The summed E-state index contributed by atoms with van der Waals surface area (Å²) in [6.07, 6.45) is 1.82. The minimum Gasteiger partial charge on any atom is -0.370 e. The third-order valence-corrected chi connectivity index (χ3v) is 3.83. The van der Waals surface area contributed by atoms with Crippen LogP contribution >= 0.6 is 0 Å². The van der Waals surface area contributed by atoms with Crippen LogP contribution in [0.5, 0.6) is 0 Å². The third-order valence-electron chi connectivity index (χ3n) is 3.83. The fourth-order valence-electron chi connectivity index (χ4n) is 2.45. The maximum absolute atomic E-state index is 4.53. The Labute approximate surface area is 131 Å². The zero-order valence-electron chi connectivity index (χ0n) is 13.3. The summed E-state index contributed by atoms with van der Waals surface area (Å²) < 4.78 is 0. The summed E-state index contributed by atoms with van der Waals surface area (Å²) in [7, 11) is 0. The standard InChI is InChI=1S/C16H22N6/c1-11(2)16-17-7-6-14(19-16)18-8-13-9-22(10-13)15-5-4-12(3)20-21-15/h4-7,11,13H,8-10H2,1-3H3,(H,17,18,19). The minimum atomic E-state index is 0.348. The van der Waals surface area contributed by atoms with Crippen LogP contribution in [0.2, 0.25) is 0 Å². The Morgan fingerprint density at radius 3 is 2.73 bits per heavy atom. The highest BCUT2D eigenvalue weighted by atomic mass is 15.3. The average Bonchev–Trinajstić information content (AvgIpc) is 2.47. The zero-order valence-corrected chi connectivity index (χ0v) is 13.3. The van der Waals surface area contributed by atoms with Crippen LogP contribution in [0.25, 0.3) is 0 Å². The van der Waals surface area contributed by atoms with E-state index in [1.54, 1.807) is 0 Å². The Bertz CT molecular complexity index is 619. The van der Waals surface area contributed by atoms with Crippen molar-refractivity contribution >= 4 is 11.6 Å². The maximum Gasteiger partial charge on any atom is 0.151 e. The van der Waals surface area contributed by atoms with Crippen molar-refractivity contribution in [3.8, 4) is 0 Å². The Balaban J connectivity index is 1.48. The summed E-state index contributed by atoms with van der Waals surface area (Å²) in [4.78, 5) is 11.1. The highest BCUT2D eigenvalue weighted by Gasteiger charge is 2.27. The first-order valence-electron chi connectivity index (χ1n) is 7.74. The summed E-state index contributed by atoms with van der Waals surface area (Å²) >= 11 is 0. The van der Waals surface area contributed by atoms with Crippen LogP contribution in [0.1, 0.15) is 31.3 Å². The minimum absolute atomic E-state index is 0.348. The molecule has 6 nitrogen and oxygen atoms in total. The first-order chi connectivity index (χ1) is 10.6. The van der Waals surface area contributed by atoms with Crippen LogP contribution in [0.15, 0.2) is 24.4 Å². The lowest BCUT2D eigenvalue weighted by atomic mass is 10.0. The van der Waals surface area contributed by atoms with E-state index in [1.165, 1.54) is 0 Å². The van der Waals surface area contributed by atoms with Crippen LogP contribution in [0.3, 0.4) is 0 Å². The number of hydrogen-bond acceptors (Lipinski definition) is 6. The van der Waals surface area contributed by atoms with E-state index in [0.29, 0.717) is 11.8 Å². The Hall–Kier alpha value is -2.24. The predicted molar refractivity (Wildman–Crippen MR) is 87.1 cm³/mol. The van der Waals surface area contributed by atoms with E-state index < -0.39 is 0 Å². The molecule has 116 valence electrons. The molecule has 0 unspecified atom stereocenters. The molecule has 22 heavy (non-hydrogen) atoms. The molecule has 2 aromatic heterocycles. The Kier molecular flexibility index (Phi) is 4.18. The molecule has 0 spiro atoms. The molecule has 0 aliphatic carbocycles. The van der Waals surface area contributed by atoms with Gasteiger partial charge in [0.1, 0.15) is 11.6 Å². The lowest BCUT2D eigenvalue weighted by Gasteiger charge is -2.40. The fraction of sp³-hybridized carbons (Fsp3) is 0.500. The molecule has 1 aliphatic heterocycles. The number of aromatic nitrogens is 4. The molecule has 3 rings (SSSR count). The quantitative estimate of drug-likeness (QED) is 0.913.